The fraction of sp³-hybridized carbons (Fsp3) is 0. The van der Waals surface area contributed by atoms with Crippen LogP contribution in [0, 0.1) is 0 Å². The van der Waals surface area contributed by atoms with Crippen molar-refractivity contribution in [2.45, 2.75) is 0 Å². The van der Waals surface area contributed by atoms with Gasteiger partial charge >= 0.3 is 0 Å². The number of aromatic nitrogens is 3. The highest BCUT2D eigenvalue weighted by atomic mass is 16.3. The summed E-state index contributed by atoms with van der Waals surface area (Å²) in [6, 6.07) is 23.8. The molecule has 0 spiro atoms. The normalized spacial score (nSPS) is 10.5. The number of hydrogen-bond donors (Lipinski definition) is 1. The second kappa shape index (κ2) is 7.17. The van der Waals surface area contributed by atoms with Crippen LogP contribution in [0.2, 0.25) is 0 Å². The number of hydrogen-bond acceptors (Lipinski definition) is 5. The molecule has 0 aliphatic heterocycles. The van der Waals surface area contributed by atoms with Crippen molar-refractivity contribution >= 4 is 6.29 Å². The summed E-state index contributed by atoms with van der Waals surface area (Å²) in [6.07, 6.45) is 0.682. The van der Waals surface area contributed by atoms with Crippen molar-refractivity contribution in [3.05, 3.63) is 84.4 Å². The van der Waals surface area contributed by atoms with Gasteiger partial charge in [0.2, 0.25) is 0 Å². The van der Waals surface area contributed by atoms with E-state index in [2.05, 4.69) is 15.0 Å². The van der Waals surface area contributed by atoms with Gasteiger partial charge in [-0.2, -0.15) is 0 Å². The largest absolute Gasteiger partial charge is 0.507 e. The zero-order valence-electron chi connectivity index (χ0n) is 14.3. The van der Waals surface area contributed by atoms with Crippen LogP contribution in [0.25, 0.3) is 34.2 Å². The fourth-order valence-corrected chi connectivity index (χ4v) is 2.74. The minimum absolute atomic E-state index is 0.0520. The number of carbonyl (C=O) groups excluding carboxylic acids is 1. The topological polar surface area (TPSA) is 76.0 Å². The smallest absolute Gasteiger partial charge is 0.167 e. The van der Waals surface area contributed by atoms with Gasteiger partial charge in [0.15, 0.2) is 17.5 Å². The first-order valence-corrected chi connectivity index (χ1v) is 8.40. The first-order chi connectivity index (χ1) is 13.2. The minimum atomic E-state index is -0.0520. The Morgan fingerprint density at radius 1 is 0.667 bits per heavy atom. The molecule has 0 atom stereocenters. The van der Waals surface area contributed by atoms with Crippen molar-refractivity contribution in [1.82, 2.24) is 15.0 Å². The minimum Gasteiger partial charge on any atom is -0.507 e. The predicted octanol–water partition coefficient (Wildman–Crippen LogP) is 4.39. The van der Waals surface area contributed by atoms with Gasteiger partial charge in [0.05, 0.1) is 5.56 Å². The zero-order valence-corrected chi connectivity index (χ0v) is 14.3. The summed E-state index contributed by atoms with van der Waals surface area (Å²) in [5.41, 5.74) is 2.53. The highest BCUT2D eigenvalue weighted by molar-refractivity contribution is 5.79. The van der Waals surface area contributed by atoms with Gasteiger partial charge in [-0.15, -0.1) is 0 Å². The maximum absolute atomic E-state index is 10.9. The van der Waals surface area contributed by atoms with E-state index in [0.29, 0.717) is 34.9 Å². The van der Waals surface area contributed by atoms with E-state index in [1.807, 2.05) is 60.7 Å². The highest BCUT2D eigenvalue weighted by Crippen LogP contribution is 2.30. The number of phenols is 1. The van der Waals surface area contributed by atoms with Crippen LogP contribution in [-0.4, -0.2) is 26.3 Å². The lowest BCUT2D eigenvalue weighted by Gasteiger charge is -2.09. The standard InChI is InChI=1S/C22H15N3O2/c26-14-15-11-12-18(19(27)13-15)22-24-20(16-7-3-1-4-8-16)23-21(25-22)17-9-5-2-6-10-17/h1-14,27H. The van der Waals surface area contributed by atoms with E-state index in [4.69, 9.17) is 0 Å². The van der Waals surface area contributed by atoms with Gasteiger partial charge in [-0.05, 0) is 12.1 Å². The van der Waals surface area contributed by atoms with Crippen LogP contribution in [0.4, 0.5) is 0 Å². The van der Waals surface area contributed by atoms with Crippen LogP contribution < -0.4 is 0 Å². The summed E-state index contributed by atoms with van der Waals surface area (Å²) >= 11 is 0. The second-order valence-electron chi connectivity index (χ2n) is 5.93. The Kier molecular flexibility index (Phi) is 4.41. The van der Waals surface area contributed by atoms with Crippen LogP contribution >= 0.6 is 0 Å². The lowest BCUT2D eigenvalue weighted by molar-refractivity contribution is 0.112. The number of aldehydes is 1. The summed E-state index contributed by atoms with van der Waals surface area (Å²) < 4.78 is 0. The van der Waals surface area contributed by atoms with E-state index < -0.39 is 0 Å². The summed E-state index contributed by atoms with van der Waals surface area (Å²) in [5, 5.41) is 10.3. The molecule has 1 aromatic heterocycles. The molecule has 27 heavy (non-hydrogen) atoms. The SMILES string of the molecule is O=Cc1ccc(-c2nc(-c3ccccc3)nc(-c3ccccc3)n2)c(O)c1. The molecule has 4 rings (SSSR count). The van der Waals surface area contributed by atoms with Gasteiger partial charge in [0.1, 0.15) is 12.0 Å². The Morgan fingerprint density at radius 2 is 1.19 bits per heavy atom. The second-order valence-corrected chi connectivity index (χ2v) is 5.93. The molecule has 0 amide bonds. The van der Waals surface area contributed by atoms with E-state index in [0.717, 1.165) is 11.1 Å². The molecule has 0 bridgehead atoms. The van der Waals surface area contributed by atoms with Crippen molar-refractivity contribution < 1.29 is 9.90 Å². The molecule has 5 heteroatoms. The zero-order chi connectivity index (χ0) is 18.6. The molecule has 0 fully saturated rings. The van der Waals surface area contributed by atoms with Gasteiger partial charge in [0, 0.05) is 16.7 Å². The Balaban J connectivity index is 1.92. The number of phenolic OH excluding ortho intramolecular Hbond substituents is 1. The molecule has 5 nitrogen and oxygen atoms in total. The molecule has 3 aromatic carbocycles. The van der Waals surface area contributed by atoms with E-state index in [9.17, 15) is 9.90 Å². The molecule has 0 aliphatic carbocycles. The summed E-state index contributed by atoms with van der Waals surface area (Å²) in [4.78, 5) is 24.6. The predicted molar refractivity (Wildman–Crippen MR) is 103 cm³/mol. The van der Waals surface area contributed by atoms with E-state index >= 15 is 0 Å². The molecule has 1 N–H and O–H groups in total. The Morgan fingerprint density at radius 3 is 1.67 bits per heavy atom. The first-order valence-electron chi connectivity index (χ1n) is 8.40. The molecule has 0 saturated carbocycles. The quantitative estimate of drug-likeness (QED) is 0.551. The van der Waals surface area contributed by atoms with Gasteiger partial charge in [-0.3, -0.25) is 4.79 Å². The number of benzene rings is 3. The lowest BCUT2D eigenvalue weighted by Crippen LogP contribution is -2.00. The summed E-state index contributed by atoms with van der Waals surface area (Å²) in [6.45, 7) is 0. The van der Waals surface area contributed by atoms with Crippen molar-refractivity contribution in [2.24, 2.45) is 0 Å². The first kappa shape index (κ1) is 16.6. The molecular formula is C22H15N3O2. The van der Waals surface area contributed by atoms with Crippen molar-refractivity contribution in [3.8, 4) is 39.9 Å². The number of carbonyl (C=O) groups is 1. The summed E-state index contributed by atoms with van der Waals surface area (Å²) in [7, 11) is 0. The molecule has 0 aliphatic rings. The van der Waals surface area contributed by atoms with Crippen LogP contribution in [-0.2, 0) is 0 Å². The Labute approximate surface area is 156 Å². The lowest BCUT2D eigenvalue weighted by atomic mass is 10.1. The van der Waals surface area contributed by atoms with Crippen LogP contribution in [0.3, 0.4) is 0 Å². The third-order valence-corrected chi connectivity index (χ3v) is 4.10. The molecule has 130 valence electrons. The molecular weight excluding hydrogens is 338 g/mol. The van der Waals surface area contributed by atoms with Crippen LogP contribution in [0.15, 0.2) is 78.9 Å². The van der Waals surface area contributed by atoms with Crippen molar-refractivity contribution in [3.63, 3.8) is 0 Å². The average Bonchev–Trinajstić information content (AvgIpc) is 2.74. The van der Waals surface area contributed by atoms with E-state index in [-0.39, 0.29) is 5.75 Å². The highest BCUT2D eigenvalue weighted by Gasteiger charge is 2.14. The van der Waals surface area contributed by atoms with Gasteiger partial charge in [0.25, 0.3) is 0 Å². The van der Waals surface area contributed by atoms with Crippen molar-refractivity contribution in [2.75, 3.05) is 0 Å². The maximum Gasteiger partial charge on any atom is 0.167 e. The average molecular weight is 353 g/mol. The number of aromatic hydroxyl groups is 1. The van der Waals surface area contributed by atoms with Crippen LogP contribution in [0.1, 0.15) is 10.4 Å². The Hall–Kier alpha value is -3.86. The number of nitrogens with zero attached hydrogens (tertiary/aromatic N) is 3. The molecule has 0 saturated heterocycles. The monoisotopic (exact) mass is 353 g/mol. The maximum atomic E-state index is 10.9. The third-order valence-electron chi connectivity index (χ3n) is 4.10. The van der Waals surface area contributed by atoms with Gasteiger partial charge in [-0.1, -0.05) is 66.7 Å². The molecule has 4 aromatic rings. The van der Waals surface area contributed by atoms with Crippen LogP contribution in [0.5, 0.6) is 5.75 Å². The fourth-order valence-electron chi connectivity index (χ4n) is 2.74. The van der Waals surface area contributed by atoms with Gasteiger partial charge in [-0.25, -0.2) is 15.0 Å². The van der Waals surface area contributed by atoms with Gasteiger partial charge < -0.3 is 5.11 Å². The Bertz CT molecular complexity index is 1040. The van der Waals surface area contributed by atoms with E-state index in [1.54, 1.807) is 12.1 Å². The number of rotatable bonds is 4. The third kappa shape index (κ3) is 3.43. The van der Waals surface area contributed by atoms with E-state index in [1.165, 1.54) is 6.07 Å². The molecule has 0 unspecified atom stereocenters. The molecule has 1 heterocycles. The van der Waals surface area contributed by atoms with Crippen molar-refractivity contribution in [1.29, 1.82) is 0 Å². The molecule has 0 radical (unpaired) electrons. The summed E-state index contributed by atoms with van der Waals surface area (Å²) in [5.74, 6) is 1.32.